The summed E-state index contributed by atoms with van der Waals surface area (Å²) in [7, 11) is 0. The van der Waals surface area contributed by atoms with Gasteiger partial charge in [-0.25, -0.2) is 0 Å². The van der Waals surface area contributed by atoms with Gasteiger partial charge in [-0.05, 0) is 41.8 Å². The van der Waals surface area contributed by atoms with Crippen LogP contribution in [0.2, 0.25) is 0 Å². The number of amides is 1. The fraction of sp³-hybridized carbons (Fsp3) is 0.200. The SMILES string of the molecule is CCCOc1cccc(C2C(C(=O)c3ccco3)=C(O)C(=O)N2Cc2ccccc2)c1. The molecule has 0 saturated carbocycles. The molecule has 1 aliphatic rings. The van der Waals surface area contributed by atoms with Crippen molar-refractivity contribution in [2.45, 2.75) is 25.9 Å². The number of furan rings is 1. The van der Waals surface area contributed by atoms with Crippen molar-refractivity contribution in [3.8, 4) is 5.75 Å². The zero-order valence-corrected chi connectivity index (χ0v) is 17.2. The topological polar surface area (TPSA) is 80.0 Å². The van der Waals surface area contributed by atoms with E-state index in [1.807, 2.05) is 55.5 Å². The number of carbonyl (C=O) groups is 2. The standard InChI is InChI=1S/C25H23NO5/c1-2-13-30-19-11-6-10-18(15-19)22-21(23(27)20-12-7-14-31-20)24(28)25(29)26(22)16-17-8-4-3-5-9-17/h3-12,14-15,22,28H,2,13,16H2,1H3. The molecule has 2 aromatic carbocycles. The van der Waals surface area contributed by atoms with Crippen LogP contribution in [0, 0.1) is 0 Å². The molecule has 6 nitrogen and oxygen atoms in total. The maximum atomic E-state index is 13.2. The number of carbonyl (C=O) groups excluding carboxylic acids is 2. The Morgan fingerprint density at radius 2 is 1.90 bits per heavy atom. The minimum Gasteiger partial charge on any atom is -0.503 e. The quantitative estimate of drug-likeness (QED) is 0.530. The van der Waals surface area contributed by atoms with Crippen LogP contribution in [0.1, 0.15) is 41.1 Å². The van der Waals surface area contributed by atoms with Crippen LogP contribution < -0.4 is 4.74 Å². The average Bonchev–Trinajstić information content (AvgIpc) is 3.42. The number of rotatable bonds is 8. The number of ether oxygens (including phenoxy) is 1. The van der Waals surface area contributed by atoms with Crippen LogP contribution >= 0.6 is 0 Å². The normalized spacial score (nSPS) is 16.1. The lowest BCUT2D eigenvalue weighted by Crippen LogP contribution is -2.30. The van der Waals surface area contributed by atoms with E-state index in [4.69, 9.17) is 9.15 Å². The van der Waals surface area contributed by atoms with Crippen LogP contribution in [0.15, 0.2) is 88.7 Å². The van der Waals surface area contributed by atoms with E-state index in [2.05, 4.69) is 0 Å². The van der Waals surface area contributed by atoms with Gasteiger partial charge in [0.15, 0.2) is 11.5 Å². The first-order valence-corrected chi connectivity index (χ1v) is 10.2. The Balaban J connectivity index is 1.77. The lowest BCUT2D eigenvalue weighted by molar-refractivity contribution is -0.130. The molecule has 4 rings (SSSR count). The minimum absolute atomic E-state index is 0.00326. The van der Waals surface area contributed by atoms with Crippen molar-refractivity contribution in [3.63, 3.8) is 0 Å². The van der Waals surface area contributed by atoms with Crippen LogP contribution in [0.4, 0.5) is 0 Å². The summed E-state index contributed by atoms with van der Waals surface area (Å²) in [6.45, 7) is 2.81. The second-order valence-electron chi connectivity index (χ2n) is 7.31. The summed E-state index contributed by atoms with van der Waals surface area (Å²) in [4.78, 5) is 27.7. The highest BCUT2D eigenvalue weighted by Gasteiger charge is 2.44. The van der Waals surface area contributed by atoms with Crippen LogP contribution in [-0.2, 0) is 11.3 Å². The van der Waals surface area contributed by atoms with Crippen LogP contribution in [-0.4, -0.2) is 28.3 Å². The second-order valence-corrected chi connectivity index (χ2v) is 7.31. The summed E-state index contributed by atoms with van der Waals surface area (Å²) in [5.74, 6) is -0.955. The second kappa shape index (κ2) is 8.92. The summed E-state index contributed by atoms with van der Waals surface area (Å²) in [6, 6.07) is 19.1. The third-order valence-corrected chi connectivity index (χ3v) is 5.14. The lowest BCUT2D eigenvalue weighted by atomic mass is 9.94. The molecule has 3 aromatic rings. The fourth-order valence-corrected chi connectivity index (χ4v) is 3.71. The molecule has 2 heterocycles. The number of benzene rings is 2. The van der Waals surface area contributed by atoms with Gasteiger partial charge in [-0.15, -0.1) is 0 Å². The van der Waals surface area contributed by atoms with E-state index < -0.39 is 23.5 Å². The predicted octanol–water partition coefficient (Wildman–Crippen LogP) is 4.85. The van der Waals surface area contributed by atoms with Crippen LogP contribution in [0.5, 0.6) is 5.75 Å². The van der Waals surface area contributed by atoms with Crippen molar-refractivity contribution in [2.24, 2.45) is 0 Å². The van der Waals surface area contributed by atoms with Gasteiger partial charge in [-0.3, -0.25) is 9.59 Å². The molecule has 0 saturated heterocycles. The predicted molar refractivity (Wildman–Crippen MR) is 115 cm³/mol. The van der Waals surface area contributed by atoms with Crippen molar-refractivity contribution < 1.29 is 23.8 Å². The van der Waals surface area contributed by atoms with E-state index >= 15 is 0 Å². The third-order valence-electron chi connectivity index (χ3n) is 5.14. The maximum Gasteiger partial charge on any atom is 0.290 e. The molecule has 1 amide bonds. The van der Waals surface area contributed by atoms with Gasteiger partial charge in [-0.2, -0.15) is 0 Å². The lowest BCUT2D eigenvalue weighted by Gasteiger charge is -2.27. The van der Waals surface area contributed by atoms with E-state index in [0.717, 1.165) is 12.0 Å². The maximum absolute atomic E-state index is 13.2. The van der Waals surface area contributed by atoms with E-state index in [1.54, 1.807) is 12.1 Å². The molecule has 1 aromatic heterocycles. The van der Waals surface area contributed by atoms with Crippen LogP contribution in [0.25, 0.3) is 0 Å². The Bertz CT molecular complexity index is 1100. The van der Waals surface area contributed by atoms with Gasteiger partial charge in [0, 0.05) is 6.54 Å². The first-order chi connectivity index (χ1) is 15.1. The highest BCUT2D eigenvalue weighted by atomic mass is 16.5. The number of hydrogen-bond donors (Lipinski definition) is 1. The Morgan fingerprint density at radius 3 is 2.61 bits per heavy atom. The summed E-state index contributed by atoms with van der Waals surface area (Å²) >= 11 is 0. The molecule has 1 unspecified atom stereocenters. The smallest absolute Gasteiger partial charge is 0.290 e. The number of nitrogens with zero attached hydrogens (tertiary/aromatic N) is 1. The third kappa shape index (κ3) is 4.10. The van der Waals surface area contributed by atoms with Gasteiger partial charge in [0.05, 0.1) is 24.5 Å². The van der Waals surface area contributed by atoms with Gasteiger partial charge >= 0.3 is 0 Å². The van der Waals surface area contributed by atoms with Crippen molar-refractivity contribution >= 4 is 11.7 Å². The number of hydrogen-bond acceptors (Lipinski definition) is 5. The number of aliphatic hydroxyl groups is 1. The van der Waals surface area contributed by atoms with E-state index in [9.17, 15) is 14.7 Å². The largest absolute Gasteiger partial charge is 0.503 e. The highest BCUT2D eigenvalue weighted by Crippen LogP contribution is 2.40. The zero-order valence-electron chi connectivity index (χ0n) is 17.2. The summed E-state index contributed by atoms with van der Waals surface area (Å²) < 4.78 is 11.0. The van der Waals surface area contributed by atoms with Gasteiger partial charge in [0.25, 0.3) is 5.91 Å². The van der Waals surface area contributed by atoms with Gasteiger partial charge in [0.1, 0.15) is 5.75 Å². The summed E-state index contributed by atoms with van der Waals surface area (Å²) in [5.41, 5.74) is 1.57. The summed E-state index contributed by atoms with van der Waals surface area (Å²) in [6.07, 6.45) is 2.24. The Labute approximate surface area is 180 Å². The fourth-order valence-electron chi connectivity index (χ4n) is 3.71. The number of Topliss-reactive ketones (excluding diaryl/α,β-unsaturated/α-hetero) is 1. The van der Waals surface area contributed by atoms with Crippen LogP contribution in [0.3, 0.4) is 0 Å². The number of aliphatic hydroxyl groups excluding tert-OH is 1. The van der Waals surface area contributed by atoms with E-state index in [1.165, 1.54) is 17.2 Å². The van der Waals surface area contributed by atoms with Crippen molar-refractivity contribution in [1.29, 1.82) is 0 Å². The molecular weight excluding hydrogens is 394 g/mol. The highest BCUT2D eigenvalue weighted by molar-refractivity contribution is 6.15. The molecule has 1 aliphatic heterocycles. The number of ketones is 1. The monoisotopic (exact) mass is 417 g/mol. The summed E-state index contributed by atoms with van der Waals surface area (Å²) in [5, 5.41) is 10.7. The molecule has 0 spiro atoms. The van der Waals surface area contributed by atoms with E-state index in [-0.39, 0.29) is 17.9 Å². The van der Waals surface area contributed by atoms with Crippen molar-refractivity contribution in [3.05, 3.63) is 101 Å². The Hall–Kier alpha value is -3.80. The molecule has 0 bridgehead atoms. The molecule has 31 heavy (non-hydrogen) atoms. The van der Waals surface area contributed by atoms with Crippen molar-refractivity contribution in [2.75, 3.05) is 6.61 Å². The molecule has 1 atom stereocenters. The van der Waals surface area contributed by atoms with Crippen molar-refractivity contribution in [1.82, 2.24) is 4.90 Å². The molecule has 0 radical (unpaired) electrons. The molecule has 1 N–H and O–H groups in total. The Kier molecular flexibility index (Phi) is 5.89. The van der Waals surface area contributed by atoms with Gasteiger partial charge < -0.3 is 19.2 Å². The van der Waals surface area contributed by atoms with E-state index in [0.29, 0.717) is 17.9 Å². The molecule has 158 valence electrons. The first kappa shape index (κ1) is 20.5. The Morgan fingerprint density at radius 1 is 1.10 bits per heavy atom. The van der Waals surface area contributed by atoms with Gasteiger partial charge in [0.2, 0.25) is 5.78 Å². The molecule has 0 fully saturated rings. The molecular formula is C25H23NO5. The minimum atomic E-state index is -0.768. The average molecular weight is 417 g/mol. The molecule has 6 heteroatoms. The van der Waals surface area contributed by atoms with Gasteiger partial charge in [-0.1, -0.05) is 49.4 Å². The molecule has 0 aliphatic carbocycles. The first-order valence-electron chi connectivity index (χ1n) is 10.2. The zero-order chi connectivity index (χ0) is 21.8.